The predicted molar refractivity (Wildman–Crippen MR) is 131 cm³/mol. The van der Waals surface area contributed by atoms with E-state index in [2.05, 4.69) is 5.32 Å². The Labute approximate surface area is 203 Å². The Hall–Kier alpha value is -3.61. The Bertz CT molecular complexity index is 1160. The lowest BCUT2D eigenvalue weighted by Crippen LogP contribution is -2.33. The van der Waals surface area contributed by atoms with E-state index in [-0.39, 0.29) is 30.8 Å². The molecule has 1 N–H and O–H groups in total. The fourth-order valence-electron chi connectivity index (χ4n) is 3.63. The van der Waals surface area contributed by atoms with Gasteiger partial charge in [0.2, 0.25) is 5.91 Å². The summed E-state index contributed by atoms with van der Waals surface area (Å²) in [6.07, 6.45) is -3.37. The van der Waals surface area contributed by atoms with Gasteiger partial charge in [-0.25, -0.2) is 0 Å². The van der Waals surface area contributed by atoms with Crippen LogP contribution in [0.15, 0.2) is 72.8 Å². The zero-order chi connectivity index (χ0) is 25.6. The number of carbonyl (C=O) groups excluding carboxylic acids is 2. The van der Waals surface area contributed by atoms with Crippen LogP contribution in [0.1, 0.15) is 52.9 Å². The van der Waals surface area contributed by atoms with Crippen molar-refractivity contribution in [2.45, 2.75) is 52.4 Å². The lowest BCUT2D eigenvalue weighted by molar-refractivity contribution is -0.137. The maximum absolute atomic E-state index is 13.5. The van der Waals surface area contributed by atoms with Crippen LogP contribution in [0.2, 0.25) is 0 Å². The molecule has 0 spiro atoms. The molecule has 0 heterocycles. The first-order valence-electron chi connectivity index (χ1n) is 11.5. The van der Waals surface area contributed by atoms with Gasteiger partial charge in [0.25, 0.3) is 5.91 Å². The van der Waals surface area contributed by atoms with E-state index >= 15 is 0 Å². The topological polar surface area (TPSA) is 49.4 Å². The second-order valence-electron chi connectivity index (χ2n) is 8.62. The van der Waals surface area contributed by atoms with Gasteiger partial charge < -0.3 is 10.2 Å². The van der Waals surface area contributed by atoms with Crippen LogP contribution in [0.5, 0.6) is 0 Å². The second-order valence-corrected chi connectivity index (χ2v) is 8.62. The van der Waals surface area contributed by atoms with Crippen molar-refractivity contribution in [3.8, 4) is 0 Å². The number of aryl methyl sites for hydroxylation is 1. The number of rotatable bonds is 8. The molecular formula is C28H29F3N2O2. The smallest absolute Gasteiger partial charge is 0.353 e. The summed E-state index contributed by atoms with van der Waals surface area (Å²) in [5.74, 6) is -0.338. The third-order valence-corrected chi connectivity index (χ3v) is 5.88. The van der Waals surface area contributed by atoms with Crippen molar-refractivity contribution in [1.82, 2.24) is 5.32 Å². The highest BCUT2D eigenvalue weighted by Crippen LogP contribution is 2.30. The molecule has 0 saturated heterocycles. The largest absolute Gasteiger partial charge is 0.416 e. The maximum Gasteiger partial charge on any atom is 0.416 e. The van der Waals surface area contributed by atoms with Crippen LogP contribution in [0.25, 0.3) is 0 Å². The number of amides is 2. The van der Waals surface area contributed by atoms with Gasteiger partial charge in [0.15, 0.2) is 0 Å². The molecule has 0 aliphatic carbocycles. The van der Waals surface area contributed by atoms with E-state index in [0.717, 1.165) is 29.7 Å². The molecule has 3 rings (SSSR count). The van der Waals surface area contributed by atoms with Gasteiger partial charge >= 0.3 is 6.18 Å². The van der Waals surface area contributed by atoms with E-state index in [1.165, 1.54) is 17.0 Å². The summed E-state index contributed by atoms with van der Waals surface area (Å²) >= 11 is 0. The van der Waals surface area contributed by atoms with Crippen LogP contribution in [0, 0.1) is 6.92 Å². The van der Waals surface area contributed by atoms with Crippen molar-refractivity contribution in [2.75, 3.05) is 4.90 Å². The van der Waals surface area contributed by atoms with Crippen molar-refractivity contribution in [2.24, 2.45) is 0 Å². The number of nitrogens with zero attached hydrogens (tertiary/aromatic N) is 1. The Kier molecular flexibility index (Phi) is 8.33. The molecule has 35 heavy (non-hydrogen) atoms. The Morgan fingerprint density at radius 1 is 0.914 bits per heavy atom. The Morgan fingerprint density at radius 3 is 2.09 bits per heavy atom. The molecule has 2 amide bonds. The fourth-order valence-corrected chi connectivity index (χ4v) is 3.63. The lowest BCUT2D eigenvalue weighted by atomic mass is 10.0. The fraction of sp³-hybridized carbons (Fsp3) is 0.286. The minimum absolute atomic E-state index is 0.0790. The molecule has 0 aliphatic rings. The molecule has 184 valence electrons. The summed E-state index contributed by atoms with van der Waals surface area (Å²) in [6, 6.07) is 19.2. The molecule has 0 radical (unpaired) electrons. The monoisotopic (exact) mass is 482 g/mol. The third-order valence-electron chi connectivity index (χ3n) is 5.88. The van der Waals surface area contributed by atoms with Crippen LogP contribution in [-0.2, 0) is 23.9 Å². The SMILES string of the molecule is CCC(C)NC(=O)Cc1ccc(N(Cc2ccc(C(F)(F)F)cc2)C(=O)c2ccccc2C)cc1. The number of hydrogen-bond donors (Lipinski definition) is 1. The van der Waals surface area contributed by atoms with E-state index in [4.69, 9.17) is 0 Å². The van der Waals surface area contributed by atoms with Gasteiger partial charge in [-0.3, -0.25) is 9.59 Å². The molecular weight excluding hydrogens is 453 g/mol. The number of anilines is 1. The molecule has 0 aliphatic heterocycles. The third kappa shape index (κ3) is 6.94. The van der Waals surface area contributed by atoms with Crippen molar-refractivity contribution in [3.05, 3.63) is 101 Å². The molecule has 3 aromatic rings. The zero-order valence-corrected chi connectivity index (χ0v) is 20.0. The quantitative estimate of drug-likeness (QED) is 0.409. The first kappa shape index (κ1) is 26.0. The summed E-state index contributed by atoms with van der Waals surface area (Å²) in [5, 5.41) is 2.93. The van der Waals surface area contributed by atoms with E-state index in [0.29, 0.717) is 16.8 Å². The lowest BCUT2D eigenvalue weighted by Gasteiger charge is -2.24. The Balaban J connectivity index is 1.87. The highest BCUT2D eigenvalue weighted by Gasteiger charge is 2.30. The molecule has 0 saturated carbocycles. The van der Waals surface area contributed by atoms with Gasteiger partial charge in [0.05, 0.1) is 18.5 Å². The normalized spacial score (nSPS) is 12.2. The van der Waals surface area contributed by atoms with Crippen molar-refractivity contribution in [1.29, 1.82) is 0 Å². The average Bonchev–Trinajstić information content (AvgIpc) is 2.82. The Morgan fingerprint density at radius 2 is 1.51 bits per heavy atom. The van der Waals surface area contributed by atoms with E-state index in [1.54, 1.807) is 36.4 Å². The van der Waals surface area contributed by atoms with Gasteiger partial charge in [-0.15, -0.1) is 0 Å². The molecule has 0 bridgehead atoms. The summed E-state index contributed by atoms with van der Waals surface area (Å²) in [4.78, 5) is 27.2. The number of carbonyl (C=O) groups is 2. The van der Waals surface area contributed by atoms with Crippen molar-refractivity contribution in [3.63, 3.8) is 0 Å². The van der Waals surface area contributed by atoms with Gasteiger partial charge in [-0.1, -0.05) is 49.4 Å². The minimum atomic E-state index is -4.42. The van der Waals surface area contributed by atoms with E-state index in [9.17, 15) is 22.8 Å². The number of hydrogen-bond acceptors (Lipinski definition) is 2. The van der Waals surface area contributed by atoms with Crippen LogP contribution in [0.3, 0.4) is 0 Å². The zero-order valence-electron chi connectivity index (χ0n) is 20.0. The molecule has 1 atom stereocenters. The van der Waals surface area contributed by atoms with Crippen LogP contribution in [0.4, 0.5) is 18.9 Å². The van der Waals surface area contributed by atoms with E-state index in [1.807, 2.05) is 32.9 Å². The second kappa shape index (κ2) is 11.2. The van der Waals surface area contributed by atoms with Crippen LogP contribution < -0.4 is 10.2 Å². The average molecular weight is 483 g/mol. The highest BCUT2D eigenvalue weighted by atomic mass is 19.4. The minimum Gasteiger partial charge on any atom is -0.353 e. The summed E-state index contributed by atoms with van der Waals surface area (Å²) < 4.78 is 38.9. The first-order valence-corrected chi connectivity index (χ1v) is 11.5. The van der Waals surface area contributed by atoms with Crippen LogP contribution in [-0.4, -0.2) is 17.9 Å². The highest BCUT2D eigenvalue weighted by molar-refractivity contribution is 6.07. The first-order chi connectivity index (χ1) is 16.6. The standard InChI is InChI=1S/C28H29F3N2O2/c1-4-20(3)32-26(34)17-21-11-15-24(16-12-21)33(27(35)25-8-6-5-7-19(25)2)18-22-9-13-23(14-10-22)28(29,30)31/h5-16,20H,4,17-18H2,1-3H3,(H,32,34). The number of halogens is 3. The van der Waals surface area contributed by atoms with Gasteiger partial charge in [-0.2, -0.15) is 13.2 Å². The van der Waals surface area contributed by atoms with Crippen LogP contribution >= 0.6 is 0 Å². The summed E-state index contributed by atoms with van der Waals surface area (Å²) in [6.45, 7) is 5.87. The van der Waals surface area contributed by atoms with Crippen molar-refractivity contribution >= 4 is 17.5 Å². The predicted octanol–water partition coefficient (Wildman–Crippen LogP) is 6.32. The summed E-state index contributed by atoms with van der Waals surface area (Å²) in [5.41, 5.74) is 2.52. The maximum atomic E-state index is 13.5. The van der Waals surface area contributed by atoms with Crippen molar-refractivity contribution < 1.29 is 22.8 Å². The van der Waals surface area contributed by atoms with E-state index < -0.39 is 11.7 Å². The van der Waals surface area contributed by atoms with Gasteiger partial charge in [-0.05, 0) is 67.3 Å². The molecule has 1 unspecified atom stereocenters. The molecule has 3 aromatic carbocycles. The molecule has 4 nitrogen and oxygen atoms in total. The number of alkyl halides is 3. The van der Waals surface area contributed by atoms with Gasteiger partial charge in [0.1, 0.15) is 0 Å². The van der Waals surface area contributed by atoms with Gasteiger partial charge in [0, 0.05) is 17.3 Å². The molecule has 0 aromatic heterocycles. The molecule has 7 heteroatoms. The molecule has 0 fully saturated rings. The number of nitrogens with one attached hydrogen (secondary N) is 1. The summed E-state index contributed by atoms with van der Waals surface area (Å²) in [7, 11) is 0. The number of benzene rings is 3.